The fourth-order valence-corrected chi connectivity index (χ4v) is 4.03. The average Bonchev–Trinajstić information content (AvgIpc) is 2.89. The Hall–Kier alpha value is -3.13. The number of amides is 2. The average molecular weight is 489 g/mol. The van der Waals surface area contributed by atoms with E-state index in [0.29, 0.717) is 11.3 Å². The Balaban J connectivity index is 1.86. The number of hydrogen-bond acceptors (Lipinski definition) is 2. The van der Waals surface area contributed by atoms with Crippen LogP contribution in [0.15, 0.2) is 77.3 Å². The zero-order valence-corrected chi connectivity index (χ0v) is 17.6. The summed E-state index contributed by atoms with van der Waals surface area (Å²) in [7, 11) is 0. The predicted octanol–water partition coefficient (Wildman–Crippen LogP) is 5.65. The van der Waals surface area contributed by atoms with Crippen LogP contribution < -0.4 is 5.32 Å². The normalized spacial score (nSPS) is 16.3. The molecule has 1 aliphatic rings. The quantitative estimate of drug-likeness (QED) is 0.506. The van der Waals surface area contributed by atoms with Crippen LogP contribution in [-0.4, -0.2) is 23.3 Å². The van der Waals surface area contributed by atoms with Crippen molar-refractivity contribution in [3.63, 3.8) is 0 Å². The molecule has 4 nitrogen and oxygen atoms in total. The van der Waals surface area contributed by atoms with Gasteiger partial charge in [0.15, 0.2) is 0 Å². The highest BCUT2D eigenvalue weighted by Gasteiger charge is 2.36. The zero-order chi connectivity index (χ0) is 22.2. The summed E-state index contributed by atoms with van der Waals surface area (Å²) in [5, 5.41) is 2.79. The minimum atomic E-state index is -4.58. The maximum Gasteiger partial charge on any atom is 0.416 e. The van der Waals surface area contributed by atoms with E-state index in [-0.39, 0.29) is 12.1 Å². The van der Waals surface area contributed by atoms with Crippen molar-refractivity contribution >= 4 is 33.4 Å². The SMILES string of the molecule is O=C1CN(C(=O)c2cccc(C(F)(F)F)c2)C(c2ccccc2)c2cc(Br)ccc2N1. The number of alkyl halides is 3. The van der Waals surface area contributed by atoms with E-state index in [4.69, 9.17) is 0 Å². The number of nitrogens with zero attached hydrogens (tertiary/aromatic N) is 1. The molecule has 1 unspecified atom stereocenters. The van der Waals surface area contributed by atoms with Crippen molar-refractivity contribution in [3.8, 4) is 0 Å². The van der Waals surface area contributed by atoms with Crippen molar-refractivity contribution in [2.24, 2.45) is 0 Å². The Kier molecular flexibility index (Phi) is 5.58. The van der Waals surface area contributed by atoms with E-state index < -0.39 is 29.6 Å². The van der Waals surface area contributed by atoms with Crippen molar-refractivity contribution in [2.45, 2.75) is 12.2 Å². The van der Waals surface area contributed by atoms with Gasteiger partial charge in [0.05, 0.1) is 11.6 Å². The summed E-state index contributed by atoms with van der Waals surface area (Å²) < 4.78 is 40.3. The molecule has 0 aliphatic carbocycles. The molecule has 0 bridgehead atoms. The van der Waals surface area contributed by atoms with Gasteiger partial charge in [-0.05, 0) is 42.0 Å². The highest BCUT2D eigenvalue weighted by Crippen LogP contribution is 2.38. The molecular weight excluding hydrogens is 473 g/mol. The Morgan fingerprint density at radius 2 is 1.74 bits per heavy atom. The largest absolute Gasteiger partial charge is 0.416 e. The minimum Gasteiger partial charge on any atom is -0.324 e. The van der Waals surface area contributed by atoms with Crippen LogP contribution in [0.25, 0.3) is 0 Å². The molecule has 8 heteroatoms. The van der Waals surface area contributed by atoms with Crippen LogP contribution in [0, 0.1) is 0 Å². The van der Waals surface area contributed by atoms with Crippen molar-refractivity contribution in [3.05, 3.63) is 99.5 Å². The first-order valence-corrected chi connectivity index (χ1v) is 10.2. The first kappa shape index (κ1) is 21.1. The van der Waals surface area contributed by atoms with E-state index in [2.05, 4.69) is 21.2 Å². The van der Waals surface area contributed by atoms with Gasteiger partial charge in [0, 0.05) is 21.3 Å². The number of hydrogen-bond donors (Lipinski definition) is 1. The lowest BCUT2D eigenvalue weighted by Crippen LogP contribution is -2.39. The van der Waals surface area contributed by atoms with Crippen LogP contribution in [0.5, 0.6) is 0 Å². The van der Waals surface area contributed by atoms with E-state index >= 15 is 0 Å². The van der Waals surface area contributed by atoms with E-state index in [1.165, 1.54) is 17.0 Å². The van der Waals surface area contributed by atoms with Gasteiger partial charge in [0.25, 0.3) is 5.91 Å². The van der Waals surface area contributed by atoms with Crippen molar-refractivity contribution in [1.29, 1.82) is 0 Å². The molecule has 3 aromatic carbocycles. The van der Waals surface area contributed by atoms with Crippen molar-refractivity contribution in [1.82, 2.24) is 4.90 Å². The second kappa shape index (κ2) is 8.19. The van der Waals surface area contributed by atoms with E-state index in [1.54, 1.807) is 30.3 Å². The van der Waals surface area contributed by atoms with Crippen LogP contribution in [0.2, 0.25) is 0 Å². The number of rotatable bonds is 2. The topological polar surface area (TPSA) is 49.4 Å². The molecule has 0 spiro atoms. The van der Waals surface area contributed by atoms with Crippen LogP contribution in [0.4, 0.5) is 18.9 Å². The third-order valence-electron chi connectivity index (χ3n) is 5.02. The Bertz CT molecular complexity index is 1150. The fraction of sp³-hybridized carbons (Fsp3) is 0.130. The van der Waals surface area contributed by atoms with Crippen LogP contribution >= 0.6 is 15.9 Å². The zero-order valence-electron chi connectivity index (χ0n) is 16.0. The number of benzene rings is 3. The number of carbonyl (C=O) groups is 2. The predicted molar refractivity (Wildman–Crippen MR) is 114 cm³/mol. The second-order valence-corrected chi connectivity index (χ2v) is 8.02. The summed E-state index contributed by atoms with van der Waals surface area (Å²) >= 11 is 3.42. The van der Waals surface area contributed by atoms with Gasteiger partial charge in [-0.15, -0.1) is 0 Å². The molecule has 4 rings (SSSR count). The molecule has 0 saturated heterocycles. The molecule has 1 aliphatic heterocycles. The summed E-state index contributed by atoms with van der Waals surface area (Å²) in [6, 6.07) is 17.9. The Labute approximate surface area is 184 Å². The van der Waals surface area contributed by atoms with Crippen LogP contribution in [0.3, 0.4) is 0 Å². The maximum atomic E-state index is 13.4. The monoisotopic (exact) mass is 488 g/mol. The lowest BCUT2D eigenvalue weighted by atomic mass is 9.95. The lowest BCUT2D eigenvalue weighted by Gasteiger charge is -2.31. The molecule has 1 heterocycles. The standard InChI is InChI=1S/C23H16BrF3N2O2/c24-17-9-10-19-18(12-17)21(14-5-2-1-3-6-14)29(13-20(30)28-19)22(31)15-7-4-8-16(11-15)23(25,26)27/h1-12,21H,13H2,(H,28,30). The molecular formula is C23H16BrF3N2O2. The molecule has 1 atom stereocenters. The second-order valence-electron chi connectivity index (χ2n) is 7.10. The number of fused-ring (bicyclic) bond motifs is 1. The fourth-order valence-electron chi connectivity index (χ4n) is 3.66. The lowest BCUT2D eigenvalue weighted by molar-refractivity contribution is -0.137. The Morgan fingerprint density at radius 3 is 2.45 bits per heavy atom. The molecule has 158 valence electrons. The first-order chi connectivity index (χ1) is 14.7. The summed E-state index contributed by atoms with van der Waals surface area (Å²) in [5.74, 6) is -1.09. The molecule has 0 fully saturated rings. The van der Waals surface area contributed by atoms with Gasteiger partial charge in [0.1, 0.15) is 6.54 Å². The molecule has 0 radical (unpaired) electrons. The molecule has 31 heavy (non-hydrogen) atoms. The molecule has 2 amide bonds. The van der Waals surface area contributed by atoms with Gasteiger partial charge in [0.2, 0.25) is 5.91 Å². The van der Waals surface area contributed by atoms with Gasteiger partial charge in [-0.25, -0.2) is 0 Å². The van der Waals surface area contributed by atoms with Crippen LogP contribution in [0.1, 0.15) is 33.1 Å². The number of anilines is 1. The van der Waals surface area contributed by atoms with Gasteiger partial charge in [-0.2, -0.15) is 13.2 Å². The number of carbonyl (C=O) groups excluding carboxylic acids is 2. The third-order valence-corrected chi connectivity index (χ3v) is 5.51. The van der Waals surface area contributed by atoms with Gasteiger partial charge in [-0.3, -0.25) is 9.59 Å². The van der Waals surface area contributed by atoms with Crippen molar-refractivity contribution < 1.29 is 22.8 Å². The maximum absolute atomic E-state index is 13.4. The summed E-state index contributed by atoms with van der Waals surface area (Å²) in [5.41, 5.74) is 0.880. The first-order valence-electron chi connectivity index (χ1n) is 9.36. The third kappa shape index (κ3) is 4.34. The van der Waals surface area contributed by atoms with E-state index in [0.717, 1.165) is 22.2 Å². The summed E-state index contributed by atoms with van der Waals surface area (Å²) in [6.07, 6.45) is -4.58. The van der Waals surface area contributed by atoms with Crippen LogP contribution in [-0.2, 0) is 11.0 Å². The van der Waals surface area contributed by atoms with E-state index in [1.807, 2.05) is 18.2 Å². The Morgan fingerprint density at radius 1 is 1.00 bits per heavy atom. The molecule has 0 saturated carbocycles. The van der Waals surface area contributed by atoms with Crippen molar-refractivity contribution in [2.75, 3.05) is 11.9 Å². The summed E-state index contributed by atoms with van der Waals surface area (Å²) in [4.78, 5) is 27.3. The van der Waals surface area contributed by atoms with Gasteiger partial charge >= 0.3 is 6.18 Å². The number of nitrogens with one attached hydrogen (secondary N) is 1. The molecule has 3 aromatic rings. The molecule has 0 aromatic heterocycles. The van der Waals surface area contributed by atoms with E-state index in [9.17, 15) is 22.8 Å². The smallest absolute Gasteiger partial charge is 0.324 e. The molecule has 1 N–H and O–H groups in total. The highest BCUT2D eigenvalue weighted by atomic mass is 79.9. The summed E-state index contributed by atoms with van der Waals surface area (Å²) in [6.45, 7) is -0.305. The van der Waals surface area contributed by atoms with Gasteiger partial charge < -0.3 is 10.2 Å². The number of halogens is 4. The minimum absolute atomic E-state index is 0.137. The highest BCUT2D eigenvalue weighted by molar-refractivity contribution is 9.10. The van der Waals surface area contributed by atoms with Gasteiger partial charge in [-0.1, -0.05) is 52.3 Å².